The number of halogens is 1. The molecule has 132 valence electrons. The lowest BCUT2D eigenvalue weighted by atomic mass is 10.2. The van der Waals surface area contributed by atoms with Crippen molar-refractivity contribution in [3.8, 4) is 11.8 Å². The zero-order valence-electron chi connectivity index (χ0n) is 13.5. The van der Waals surface area contributed by atoms with Crippen LogP contribution in [0.25, 0.3) is 0 Å². The Morgan fingerprint density at radius 3 is 2.58 bits per heavy atom. The molecule has 0 saturated carbocycles. The summed E-state index contributed by atoms with van der Waals surface area (Å²) in [5.74, 6) is -0.187. The second-order valence-corrected chi connectivity index (χ2v) is 5.35. The number of nitriles is 1. The standard InChI is InChI=1S/C17H13ClN4O4/c1-26-16-7-2-12(18)8-15(16)20-10-11(9-19)17(23)21-13-3-5-14(6-4-13)22(24)25/h2-8,10,20H,1H3,(H,21,23)/b11-10-. The molecule has 0 bridgehead atoms. The minimum absolute atomic E-state index is 0.103. The number of carbonyl (C=O) groups excluding carboxylic acids is 1. The summed E-state index contributed by atoms with van der Waals surface area (Å²) in [5.41, 5.74) is 0.497. The zero-order valence-corrected chi connectivity index (χ0v) is 14.3. The molecule has 2 rings (SSSR count). The number of amides is 1. The van der Waals surface area contributed by atoms with Gasteiger partial charge in [0.2, 0.25) is 0 Å². The van der Waals surface area contributed by atoms with Crippen molar-refractivity contribution in [2.45, 2.75) is 0 Å². The van der Waals surface area contributed by atoms with Crippen LogP contribution in [0.1, 0.15) is 0 Å². The van der Waals surface area contributed by atoms with Gasteiger partial charge in [0.05, 0.1) is 17.7 Å². The first-order valence-corrected chi connectivity index (χ1v) is 7.58. The fraction of sp³-hybridized carbons (Fsp3) is 0.0588. The molecule has 2 aromatic rings. The van der Waals surface area contributed by atoms with E-state index >= 15 is 0 Å². The summed E-state index contributed by atoms with van der Waals surface area (Å²) in [7, 11) is 1.48. The lowest BCUT2D eigenvalue weighted by Gasteiger charge is -2.09. The van der Waals surface area contributed by atoms with Crippen LogP contribution in [0, 0.1) is 21.4 Å². The van der Waals surface area contributed by atoms with Gasteiger partial charge in [-0.25, -0.2) is 0 Å². The number of methoxy groups -OCH3 is 1. The maximum atomic E-state index is 12.2. The van der Waals surface area contributed by atoms with E-state index in [9.17, 15) is 20.2 Å². The van der Waals surface area contributed by atoms with Gasteiger partial charge in [0, 0.05) is 29.0 Å². The zero-order chi connectivity index (χ0) is 19.1. The molecule has 8 nitrogen and oxygen atoms in total. The lowest BCUT2D eigenvalue weighted by molar-refractivity contribution is -0.384. The van der Waals surface area contributed by atoms with E-state index in [1.165, 1.54) is 37.6 Å². The number of nitrogens with zero attached hydrogens (tertiary/aromatic N) is 2. The maximum Gasteiger partial charge on any atom is 0.269 e. The van der Waals surface area contributed by atoms with E-state index < -0.39 is 10.8 Å². The van der Waals surface area contributed by atoms with E-state index in [2.05, 4.69) is 10.6 Å². The molecule has 2 N–H and O–H groups in total. The molecule has 0 unspecified atom stereocenters. The van der Waals surface area contributed by atoms with Crippen molar-refractivity contribution in [1.82, 2.24) is 0 Å². The van der Waals surface area contributed by atoms with Gasteiger partial charge in [-0.1, -0.05) is 11.6 Å². The highest BCUT2D eigenvalue weighted by atomic mass is 35.5. The maximum absolute atomic E-state index is 12.2. The normalized spacial score (nSPS) is 10.6. The molecule has 0 radical (unpaired) electrons. The van der Waals surface area contributed by atoms with E-state index in [1.54, 1.807) is 24.3 Å². The Morgan fingerprint density at radius 2 is 2.00 bits per heavy atom. The molecule has 1 amide bonds. The predicted octanol–water partition coefficient (Wildman–Crippen LogP) is 3.71. The third-order valence-corrected chi connectivity index (χ3v) is 3.47. The van der Waals surface area contributed by atoms with E-state index in [0.29, 0.717) is 22.1 Å². The van der Waals surface area contributed by atoms with E-state index in [0.717, 1.165) is 0 Å². The van der Waals surface area contributed by atoms with Gasteiger partial charge >= 0.3 is 0 Å². The smallest absolute Gasteiger partial charge is 0.269 e. The Labute approximate surface area is 153 Å². The molecule has 0 atom stereocenters. The molecule has 2 aromatic carbocycles. The number of non-ortho nitro benzene ring substituents is 1. The third kappa shape index (κ3) is 4.72. The summed E-state index contributed by atoms with van der Waals surface area (Å²) in [5, 5.41) is 25.6. The van der Waals surface area contributed by atoms with Crippen molar-refractivity contribution >= 4 is 34.6 Å². The average molecular weight is 373 g/mol. The van der Waals surface area contributed by atoms with E-state index in [-0.39, 0.29) is 11.3 Å². The summed E-state index contributed by atoms with van der Waals surface area (Å²) in [6.45, 7) is 0. The summed E-state index contributed by atoms with van der Waals surface area (Å²) in [6, 6.07) is 11.9. The van der Waals surface area contributed by atoms with Crippen molar-refractivity contribution in [3.05, 3.63) is 69.4 Å². The van der Waals surface area contributed by atoms with Gasteiger partial charge in [-0.15, -0.1) is 0 Å². The summed E-state index contributed by atoms with van der Waals surface area (Å²) >= 11 is 5.92. The number of anilines is 2. The van der Waals surface area contributed by atoms with Crippen LogP contribution in [-0.4, -0.2) is 17.9 Å². The molecular weight excluding hydrogens is 360 g/mol. The highest BCUT2D eigenvalue weighted by Crippen LogP contribution is 2.27. The molecule has 0 aliphatic rings. The van der Waals surface area contributed by atoms with Crippen molar-refractivity contribution in [2.24, 2.45) is 0 Å². The van der Waals surface area contributed by atoms with Gasteiger partial charge in [0.1, 0.15) is 17.4 Å². The van der Waals surface area contributed by atoms with E-state index in [4.69, 9.17) is 16.3 Å². The molecule has 0 aliphatic carbocycles. The molecule has 0 aromatic heterocycles. The number of carbonyl (C=O) groups is 1. The van der Waals surface area contributed by atoms with Crippen molar-refractivity contribution in [3.63, 3.8) is 0 Å². The van der Waals surface area contributed by atoms with Crippen LogP contribution in [0.2, 0.25) is 5.02 Å². The highest BCUT2D eigenvalue weighted by Gasteiger charge is 2.11. The van der Waals surface area contributed by atoms with Gasteiger partial charge in [-0.3, -0.25) is 14.9 Å². The summed E-state index contributed by atoms with van der Waals surface area (Å²) in [4.78, 5) is 22.2. The van der Waals surface area contributed by atoms with Crippen molar-refractivity contribution < 1.29 is 14.5 Å². The van der Waals surface area contributed by atoms with Gasteiger partial charge < -0.3 is 15.4 Å². The number of rotatable bonds is 6. The molecular formula is C17H13ClN4O4. The Bertz CT molecular complexity index is 904. The van der Waals surface area contributed by atoms with Gasteiger partial charge in [-0.2, -0.15) is 5.26 Å². The second kappa shape index (κ2) is 8.50. The SMILES string of the molecule is COc1ccc(Cl)cc1N/C=C(/C#N)C(=O)Nc1ccc([N+](=O)[O-])cc1. The molecule has 26 heavy (non-hydrogen) atoms. The molecule has 0 spiro atoms. The Balaban J connectivity index is 2.13. The topological polar surface area (TPSA) is 117 Å². The Hall–Kier alpha value is -3.57. The van der Waals surface area contributed by atoms with E-state index in [1.807, 2.05) is 0 Å². The van der Waals surface area contributed by atoms with Crippen LogP contribution in [0.3, 0.4) is 0 Å². The first-order chi connectivity index (χ1) is 12.4. The molecule has 0 fully saturated rings. The van der Waals surface area contributed by atoms with Crippen molar-refractivity contribution in [1.29, 1.82) is 5.26 Å². The van der Waals surface area contributed by atoms with Crippen LogP contribution in [0.15, 0.2) is 54.2 Å². The lowest BCUT2D eigenvalue weighted by Crippen LogP contribution is -2.14. The monoisotopic (exact) mass is 372 g/mol. The number of ether oxygens (including phenoxy) is 1. The van der Waals surface area contributed by atoms with Crippen molar-refractivity contribution in [2.75, 3.05) is 17.7 Å². The number of benzene rings is 2. The summed E-state index contributed by atoms with van der Waals surface area (Å²) < 4.78 is 5.16. The molecule has 0 saturated heterocycles. The number of nitro groups is 1. The fourth-order valence-corrected chi connectivity index (χ4v) is 2.13. The van der Waals surface area contributed by atoms with Crippen LogP contribution in [0.4, 0.5) is 17.1 Å². The Kier molecular flexibility index (Phi) is 6.14. The van der Waals surface area contributed by atoms with Crippen LogP contribution in [0.5, 0.6) is 5.75 Å². The quantitative estimate of drug-likeness (QED) is 0.345. The van der Waals surface area contributed by atoms with Gasteiger partial charge in [0.25, 0.3) is 11.6 Å². The average Bonchev–Trinajstić information content (AvgIpc) is 2.63. The minimum Gasteiger partial charge on any atom is -0.495 e. The highest BCUT2D eigenvalue weighted by molar-refractivity contribution is 6.31. The first-order valence-electron chi connectivity index (χ1n) is 7.20. The molecule has 0 heterocycles. The fourth-order valence-electron chi connectivity index (χ4n) is 1.96. The molecule has 9 heteroatoms. The number of hydrogen-bond acceptors (Lipinski definition) is 6. The third-order valence-electron chi connectivity index (χ3n) is 3.23. The van der Waals surface area contributed by atoms with Crippen LogP contribution in [-0.2, 0) is 4.79 Å². The number of nitro benzene ring substituents is 1. The minimum atomic E-state index is -0.671. The van der Waals surface area contributed by atoms with Gasteiger partial charge in [-0.05, 0) is 30.3 Å². The largest absolute Gasteiger partial charge is 0.495 e. The second-order valence-electron chi connectivity index (χ2n) is 4.92. The Morgan fingerprint density at radius 1 is 1.31 bits per heavy atom. The first kappa shape index (κ1) is 18.8. The predicted molar refractivity (Wildman–Crippen MR) is 97.0 cm³/mol. The number of hydrogen-bond donors (Lipinski definition) is 2. The van der Waals surface area contributed by atoms with Crippen LogP contribution < -0.4 is 15.4 Å². The van der Waals surface area contributed by atoms with Gasteiger partial charge in [0.15, 0.2) is 0 Å². The van der Waals surface area contributed by atoms with Crippen LogP contribution >= 0.6 is 11.6 Å². The number of nitrogens with one attached hydrogen (secondary N) is 2. The molecule has 0 aliphatic heterocycles. The summed E-state index contributed by atoms with van der Waals surface area (Å²) in [6.07, 6.45) is 1.22.